The fourth-order valence-electron chi connectivity index (χ4n) is 2.29. The zero-order valence-corrected chi connectivity index (χ0v) is 16.4. The third kappa shape index (κ3) is 4.65. The summed E-state index contributed by atoms with van der Waals surface area (Å²) in [4.78, 5) is 4.18. The molecule has 0 aliphatic carbocycles. The summed E-state index contributed by atoms with van der Waals surface area (Å²) in [6, 6.07) is 10.8. The fraction of sp³-hybridized carbons (Fsp3) is 0.176. The molecule has 3 aromatic rings. The van der Waals surface area contributed by atoms with Crippen molar-refractivity contribution < 1.29 is 17.3 Å². The Labute approximate surface area is 165 Å². The zero-order chi connectivity index (χ0) is 19.6. The van der Waals surface area contributed by atoms with Gasteiger partial charge in [-0.15, -0.1) is 0 Å². The van der Waals surface area contributed by atoms with Gasteiger partial charge in [-0.1, -0.05) is 34.4 Å². The highest BCUT2D eigenvalue weighted by atomic mass is 35.5. The van der Waals surface area contributed by atoms with Gasteiger partial charge in [0.25, 0.3) is 0 Å². The van der Waals surface area contributed by atoms with Gasteiger partial charge in [-0.05, 0) is 36.4 Å². The van der Waals surface area contributed by atoms with Gasteiger partial charge in [0, 0.05) is 28.2 Å². The first kappa shape index (κ1) is 19.8. The number of nitrogens with zero attached hydrogens (tertiary/aromatic N) is 3. The van der Waals surface area contributed by atoms with Crippen molar-refractivity contribution >= 4 is 33.2 Å². The summed E-state index contributed by atoms with van der Waals surface area (Å²) < 4.78 is 45.0. The number of rotatable bonds is 6. The predicted molar refractivity (Wildman–Crippen MR) is 100 cm³/mol. The molecular formula is C17H14Cl2FN3O3S. The van der Waals surface area contributed by atoms with E-state index in [1.165, 1.54) is 19.2 Å². The Balaban J connectivity index is 1.75. The van der Waals surface area contributed by atoms with E-state index in [-0.39, 0.29) is 23.0 Å². The topological polar surface area (TPSA) is 76.3 Å². The lowest BCUT2D eigenvalue weighted by Gasteiger charge is -2.16. The molecule has 0 amide bonds. The average molecular weight is 430 g/mol. The standard InChI is InChI=1S/C17H14Cl2FN3O3S/c1-23(27(24,25)10-13-14(19)3-2-4-15(13)20)9-16-21-17(22-26-16)11-5-7-12(18)8-6-11/h2-8H,9-10H2,1H3. The normalized spacial score (nSPS) is 11.9. The number of benzene rings is 2. The lowest BCUT2D eigenvalue weighted by atomic mass is 10.2. The minimum Gasteiger partial charge on any atom is -0.338 e. The largest absolute Gasteiger partial charge is 0.338 e. The second-order valence-corrected chi connectivity index (χ2v) is 8.65. The number of halogens is 3. The lowest BCUT2D eigenvalue weighted by Crippen LogP contribution is -2.28. The summed E-state index contributed by atoms with van der Waals surface area (Å²) >= 11 is 11.7. The van der Waals surface area contributed by atoms with E-state index in [1.807, 2.05) is 0 Å². The fourth-order valence-corrected chi connectivity index (χ4v) is 3.91. The van der Waals surface area contributed by atoms with E-state index in [4.69, 9.17) is 27.7 Å². The summed E-state index contributed by atoms with van der Waals surface area (Å²) in [5.74, 6) is -0.842. The Bertz CT molecular complexity index is 1040. The van der Waals surface area contributed by atoms with Crippen LogP contribution in [0.3, 0.4) is 0 Å². The Kier molecular flexibility index (Phi) is 5.81. The highest BCUT2D eigenvalue weighted by molar-refractivity contribution is 7.88. The molecule has 0 bridgehead atoms. The molecule has 0 atom stereocenters. The van der Waals surface area contributed by atoms with Gasteiger partial charge in [0.1, 0.15) is 5.82 Å². The van der Waals surface area contributed by atoms with Crippen LogP contribution >= 0.6 is 23.2 Å². The van der Waals surface area contributed by atoms with Crippen LogP contribution in [0.2, 0.25) is 10.0 Å². The Hall–Kier alpha value is -2.00. The van der Waals surface area contributed by atoms with Crippen molar-refractivity contribution in [1.82, 2.24) is 14.4 Å². The maximum Gasteiger partial charge on any atom is 0.242 e. The van der Waals surface area contributed by atoms with E-state index in [1.54, 1.807) is 24.3 Å². The van der Waals surface area contributed by atoms with Crippen LogP contribution in [0.1, 0.15) is 11.5 Å². The molecule has 1 aromatic heterocycles. The monoisotopic (exact) mass is 429 g/mol. The highest BCUT2D eigenvalue weighted by Crippen LogP contribution is 2.23. The SMILES string of the molecule is CN(Cc1nc(-c2ccc(Cl)cc2)no1)S(=O)(=O)Cc1c(F)cccc1Cl. The first-order chi connectivity index (χ1) is 12.8. The summed E-state index contributed by atoms with van der Waals surface area (Å²) in [5, 5.41) is 4.45. The first-order valence-electron chi connectivity index (χ1n) is 7.71. The van der Waals surface area contributed by atoms with Crippen LogP contribution in [-0.2, 0) is 22.3 Å². The molecule has 0 fully saturated rings. The summed E-state index contributed by atoms with van der Waals surface area (Å²) in [7, 11) is -2.51. The molecule has 3 rings (SSSR count). The van der Waals surface area contributed by atoms with Crippen LogP contribution in [0.25, 0.3) is 11.4 Å². The summed E-state index contributed by atoms with van der Waals surface area (Å²) in [6.45, 7) is -0.158. The molecule has 0 saturated carbocycles. The quantitative estimate of drug-likeness (QED) is 0.588. The van der Waals surface area contributed by atoms with Gasteiger partial charge in [-0.25, -0.2) is 12.8 Å². The van der Waals surface area contributed by atoms with Crippen LogP contribution in [0.5, 0.6) is 0 Å². The summed E-state index contributed by atoms with van der Waals surface area (Å²) in [6.07, 6.45) is 0. The molecule has 6 nitrogen and oxygen atoms in total. The van der Waals surface area contributed by atoms with Crippen molar-refractivity contribution in [2.75, 3.05) is 7.05 Å². The number of hydrogen-bond acceptors (Lipinski definition) is 5. The van der Waals surface area contributed by atoms with E-state index in [0.717, 1.165) is 10.4 Å². The second-order valence-electron chi connectivity index (χ2n) is 5.73. The maximum atomic E-state index is 13.9. The van der Waals surface area contributed by atoms with Gasteiger partial charge in [-0.3, -0.25) is 0 Å². The van der Waals surface area contributed by atoms with Gasteiger partial charge in [-0.2, -0.15) is 9.29 Å². The van der Waals surface area contributed by atoms with Crippen LogP contribution in [0.4, 0.5) is 4.39 Å². The van der Waals surface area contributed by atoms with Crippen molar-refractivity contribution in [3.63, 3.8) is 0 Å². The molecule has 0 radical (unpaired) electrons. The Morgan fingerprint density at radius 3 is 2.52 bits per heavy atom. The zero-order valence-electron chi connectivity index (χ0n) is 14.1. The van der Waals surface area contributed by atoms with E-state index in [0.29, 0.717) is 16.4 Å². The third-order valence-corrected chi connectivity index (χ3v) is 6.13. The lowest BCUT2D eigenvalue weighted by molar-refractivity contribution is 0.336. The molecule has 10 heteroatoms. The molecule has 0 N–H and O–H groups in total. The predicted octanol–water partition coefficient (Wildman–Crippen LogP) is 4.14. The summed E-state index contributed by atoms with van der Waals surface area (Å²) in [5.41, 5.74) is 0.594. The van der Waals surface area contributed by atoms with Crippen molar-refractivity contribution in [2.24, 2.45) is 0 Å². The Morgan fingerprint density at radius 1 is 1.15 bits per heavy atom. The van der Waals surface area contributed by atoms with Gasteiger partial charge in [0.15, 0.2) is 0 Å². The second kappa shape index (κ2) is 7.93. The molecule has 0 aliphatic rings. The average Bonchev–Trinajstić information content (AvgIpc) is 3.07. The minimum atomic E-state index is -3.85. The van der Waals surface area contributed by atoms with Gasteiger partial charge in [0.2, 0.25) is 21.7 Å². The van der Waals surface area contributed by atoms with Gasteiger partial charge >= 0.3 is 0 Å². The first-order valence-corrected chi connectivity index (χ1v) is 10.1. The van der Waals surface area contributed by atoms with Crippen molar-refractivity contribution in [1.29, 1.82) is 0 Å². The van der Waals surface area contributed by atoms with Crippen molar-refractivity contribution in [3.8, 4) is 11.4 Å². The molecule has 0 aliphatic heterocycles. The van der Waals surface area contributed by atoms with E-state index < -0.39 is 21.6 Å². The van der Waals surface area contributed by atoms with Crippen LogP contribution in [-0.4, -0.2) is 29.9 Å². The molecule has 0 saturated heterocycles. The maximum absolute atomic E-state index is 13.9. The number of hydrogen-bond donors (Lipinski definition) is 0. The Morgan fingerprint density at radius 2 is 1.85 bits per heavy atom. The molecule has 27 heavy (non-hydrogen) atoms. The molecular weight excluding hydrogens is 416 g/mol. The highest BCUT2D eigenvalue weighted by Gasteiger charge is 2.24. The molecule has 2 aromatic carbocycles. The van der Waals surface area contributed by atoms with E-state index in [9.17, 15) is 12.8 Å². The van der Waals surface area contributed by atoms with Gasteiger partial charge in [0.05, 0.1) is 12.3 Å². The van der Waals surface area contributed by atoms with Gasteiger partial charge < -0.3 is 4.52 Å². The molecule has 0 unspecified atom stereocenters. The van der Waals surface area contributed by atoms with Crippen molar-refractivity contribution in [2.45, 2.75) is 12.3 Å². The smallest absolute Gasteiger partial charge is 0.242 e. The number of aromatic nitrogens is 2. The van der Waals surface area contributed by atoms with E-state index in [2.05, 4.69) is 10.1 Å². The van der Waals surface area contributed by atoms with Crippen LogP contribution in [0.15, 0.2) is 47.0 Å². The molecule has 142 valence electrons. The van der Waals surface area contributed by atoms with Crippen LogP contribution < -0.4 is 0 Å². The van der Waals surface area contributed by atoms with Crippen LogP contribution in [0, 0.1) is 5.82 Å². The number of sulfonamides is 1. The third-order valence-electron chi connectivity index (χ3n) is 3.79. The van der Waals surface area contributed by atoms with Crippen molar-refractivity contribution in [3.05, 3.63) is 69.8 Å². The molecule has 0 spiro atoms. The van der Waals surface area contributed by atoms with E-state index >= 15 is 0 Å². The minimum absolute atomic E-state index is 0.0507. The molecule has 1 heterocycles.